The van der Waals surface area contributed by atoms with Gasteiger partial charge in [-0.1, -0.05) is 25.1 Å². The van der Waals surface area contributed by atoms with Crippen LogP contribution in [0.3, 0.4) is 0 Å². The van der Waals surface area contributed by atoms with Crippen LogP contribution in [0.25, 0.3) is 0 Å². The molecule has 10 heteroatoms. The summed E-state index contributed by atoms with van der Waals surface area (Å²) in [7, 11) is 0. The van der Waals surface area contributed by atoms with Crippen LogP contribution in [0.15, 0.2) is 47.6 Å². The molecule has 4 rings (SSSR count). The molecule has 35 heavy (non-hydrogen) atoms. The Morgan fingerprint density at radius 3 is 2.49 bits per heavy atom. The van der Waals surface area contributed by atoms with Gasteiger partial charge in [-0.15, -0.1) is 24.8 Å². The first-order valence-corrected chi connectivity index (χ1v) is 11.4. The van der Waals surface area contributed by atoms with E-state index >= 15 is 0 Å². The summed E-state index contributed by atoms with van der Waals surface area (Å²) in [5.74, 6) is -1.00. The van der Waals surface area contributed by atoms with Crippen LogP contribution in [-0.4, -0.2) is 72.5 Å². The van der Waals surface area contributed by atoms with Crippen molar-refractivity contribution in [3.05, 3.63) is 64.7 Å². The first-order valence-electron chi connectivity index (χ1n) is 11.4. The quantitative estimate of drug-likeness (QED) is 0.536. The molecule has 2 heterocycles. The van der Waals surface area contributed by atoms with Gasteiger partial charge in [-0.2, -0.15) is 5.10 Å². The molecule has 1 saturated heterocycles. The number of morpholine rings is 1. The highest BCUT2D eigenvalue weighted by Gasteiger charge is 2.27. The molecule has 0 saturated carbocycles. The smallest absolute Gasteiger partial charge is 0.317 e. The lowest BCUT2D eigenvalue weighted by Gasteiger charge is -2.36. The van der Waals surface area contributed by atoms with Gasteiger partial charge in [0.1, 0.15) is 0 Å². The number of hydrazone groups is 1. The first kappa shape index (κ1) is 28.6. The Labute approximate surface area is 218 Å². The van der Waals surface area contributed by atoms with Crippen LogP contribution in [0.5, 0.6) is 0 Å². The summed E-state index contributed by atoms with van der Waals surface area (Å²) in [6, 6.07) is 13.3. The normalized spacial score (nSPS) is 17.7. The highest BCUT2D eigenvalue weighted by atomic mass is 35.5. The molecule has 0 aromatic heterocycles. The van der Waals surface area contributed by atoms with Crippen LogP contribution in [0.1, 0.15) is 46.4 Å². The molecular weight excluding hydrogens is 491 g/mol. The summed E-state index contributed by atoms with van der Waals surface area (Å²) < 4.78 is 5.32. The van der Waals surface area contributed by atoms with E-state index in [1.807, 2.05) is 40.2 Å². The van der Waals surface area contributed by atoms with Gasteiger partial charge in [0.15, 0.2) is 0 Å². The van der Waals surface area contributed by atoms with E-state index in [0.29, 0.717) is 24.5 Å². The molecule has 2 aromatic carbocycles. The van der Waals surface area contributed by atoms with Crippen LogP contribution in [0.4, 0.5) is 5.69 Å². The summed E-state index contributed by atoms with van der Waals surface area (Å²) >= 11 is 0. The third kappa shape index (κ3) is 7.41. The Balaban J connectivity index is 0.00000216. The number of carboxylic acid groups (broad SMARTS) is 1. The number of carbonyl (C=O) groups excluding carboxylic acids is 1. The number of benzene rings is 2. The minimum atomic E-state index is -0.820. The average molecular weight is 523 g/mol. The highest BCUT2D eigenvalue weighted by molar-refractivity contribution is 6.04. The lowest BCUT2D eigenvalue weighted by Crippen LogP contribution is -2.38. The van der Waals surface area contributed by atoms with Crippen molar-refractivity contribution in [3.63, 3.8) is 0 Å². The standard InChI is InChI=1S/C25H30N4O4.2ClH/c1-2-23-22-15-21(8-7-19(22)9-10-28(23)17-24(30)31)27-25(32)20-5-3-18(4-6-20)16-26-29-11-13-33-14-12-29;;/h3-8,15-16,23H,2,9-14,17H2,1H3,(H,27,32)(H,30,31);2*1H. The van der Waals surface area contributed by atoms with Crippen LogP contribution < -0.4 is 5.32 Å². The maximum Gasteiger partial charge on any atom is 0.317 e. The summed E-state index contributed by atoms with van der Waals surface area (Å²) in [4.78, 5) is 26.0. The van der Waals surface area contributed by atoms with Crippen molar-refractivity contribution in [2.75, 3.05) is 44.7 Å². The fourth-order valence-corrected chi connectivity index (χ4v) is 4.41. The van der Waals surface area contributed by atoms with Gasteiger partial charge < -0.3 is 15.2 Å². The van der Waals surface area contributed by atoms with Gasteiger partial charge in [-0.3, -0.25) is 19.5 Å². The molecule has 1 atom stereocenters. The molecular formula is C25H32Cl2N4O4. The monoisotopic (exact) mass is 522 g/mol. The molecule has 0 spiro atoms. The molecule has 1 amide bonds. The van der Waals surface area contributed by atoms with Gasteiger partial charge in [-0.05, 0) is 53.8 Å². The van der Waals surface area contributed by atoms with Gasteiger partial charge in [-0.25, -0.2) is 0 Å². The largest absolute Gasteiger partial charge is 0.480 e. The molecule has 2 N–H and O–H groups in total. The second kappa shape index (κ2) is 13.4. The molecule has 2 aromatic rings. The van der Waals surface area contributed by atoms with E-state index in [1.54, 1.807) is 18.3 Å². The van der Waals surface area contributed by atoms with Crippen molar-refractivity contribution in [1.82, 2.24) is 9.91 Å². The SMILES string of the molecule is CCC1c2cc(NC(=O)c3ccc(C=NN4CCOCC4)cc3)ccc2CCN1CC(=O)O.Cl.Cl. The van der Waals surface area contributed by atoms with Crippen molar-refractivity contribution >= 4 is 48.6 Å². The number of carbonyl (C=O) groups is 2. The maximum absolute atomic E-state index is 12.8. The Morgan fingerprint density at radius 2 is 1.83 bits per heavy atom. The van der Waals surface area contributed by atoms with Crippen LogP contribution in [0, 0.1) is 0 Å². The van der Waals surface area contributed by atoms with Crippen molar-refractivity contribution in [3.8, 4) is 0 Å². The molecule has 8 nitrogen and oxygen atoms in total. The third-order valence-electron chi connectivity index (χ3n) is 6.13. The molecule has 190 valence electrons. The van der Waals surface area contributed by atoms with Gasteiger partial charge in [0.2, 0.25) is 0 Å². The number of rotatable bonds is 7. The lowest BCUT2D eigenvalue weighted by atomic mass is 9.90. The third-order valence-corrected chi connectivity index (χ3v) is 6.13. The second-order valence-corrected chi connectivity index (χ2v) is 8.34. The summed E-state index contributed by atoms with van der Waals surface area (Å²) in [6.45, 7) is 5.76. The zero-order chi connectivity index (χ0) is 23.2. The number of halogens is 2. The van der Waals surface area contributed by atoms with E-state index in [0.717, 1.165) is 43.6 Å². The van der Waals surface area contributed by atoms with E-state index in [4.69, 9.17) is 4.74 Å². The lowest BCUT2D eigenvalue weighted by molar-refractivity contribution is -0.139. The minimum absolute atomic E-state index is 0. The number of hydrogen-bond donors (Lipinski definition) is 2. The zero-order valence-electron chi connectivity index (χ0n) is 19.7. The average Bonchev–Trinajstić information content (AvgIpc) is 2.83. The Hall–Kier alpha value is -2.65. The van der Waals surface area contributed by atoms with Gasteiger partial charge in [0.05, 0.1) is 39.1 Å². The van der Waals surface area contributed by atoms with Gasteiger partial charge in [0, 0.05) is 23.8 Å². The molecule has 1 unspecified atom stereocenters. The summed E-state index contributed by atoms with van der Waals surface area (Å²) in [5.41, 5.74) is 4.52. The topological polar surface area (TPSA) is 94.5 Å². The number of aliphatic carboxylic acids is 1. The minimum Gasteiger partial charge on any atom is -0.480 e. The van der Waals surface area contributed by atoms with Crippen LogP contribution in [-0.2, 0) is 16.0 Å². The van der Waals surface area contributed by atoms with Crippen molar-refractivity contribution in [2.24, 2.45) is 5.10 Å². The number of carboxylic acids is 1. The number of nitrogens with zero attached hydrogens (tertiary/aromatic N) is 3. The fourth-order valence-electron chi connectivity index (χ4n) is 4.41. The highest BCUT2D eigenvalue weighted by Crippen LogP contribution is 2.33. The van der Waals surface area contributed by atoms with Crippen molar-refractivity contribution in [1.29, 1.82) is 0 Å². The van der Waals surface area contributed by atoms with E-state index in [2.05, 4.69) is 17.3 Å². The molecule has 2 aliphatic heterocycles. The van der Waals surface area contributed by atoms with Crippen LogP contribution in [0.2, 0.25) is 0 Å². The number of amides is 1. The van der Waals surface area contributed by atoms with Crippen molar-refractivity contribution in [2.45, 2.75) is 25.8 Å². The molecule has 0 radical (unpaired) electrons. The molecule has 1 fully saturated rings. The molecule has 2 aliphatic rings. The van der Waals surface area contributed by atoms with Gasteiger partial charge in [0.25, 0.3) is 5.91 Å². The molecule has 0 aliphatic carbocycles. The second-order valence-electron chi connectivity index (χ2n) is 8.34. The zero-order valence-corrected chi connectivity index (χ0v) is 21.3. The predicted octanol–water partition coefficient (Wildman–Crippen LogP) is 3.84. The Kier molecular flexibility index (Phi) is 11.0. The fraction of sp³-hybridized carbons (Fsp3) is 0.400. The number of ether oxygens (including phenoxy) is 1. The maximum atomic E-state index is 12.8. The Bertz CT molecular complexity index is 1030. The van der Waals surface area contributed by atoms with Crippen molar-refractivity contribution < 1.29 is 19.4 Å². The number of fused-ring (bicyclic) bond motifs is 1. The first-order chi connectivity index (χ1) is 16.0. The summed E-state index contributed by atoms with van der Waals surface area (Å²) in [5, 5.41) is 18.7. The Morgan fingerprint density at radius 1 is 1.11 bits per heavy atom. The van der Waals surface area contributed by atoms with E-state index < -0.39 is 5.97 Å². The van der Waals surface area contributed by atoms with E-state index in [1.165, 1.54) is 5.56 Å². The number of hydrogen-bond acceptors (Lipinski definition) is 6. The predicted molar refractivity (Wildman–Crippen MR) is 141 cm³/mol. The van der Waals surface area contributed by atoms with Gasteiger partial charge >= 0.3 is 5.97 Å². The number of nitrogens with one attached hydrogen (secondary N) is 1. The number of anilines is 1. The summed E-state index contributed by atoms with van der Waals surface area (Å²) in [6.07, 6.45) is 3.41. The molecule has 0 bridgehead atoms. The van der Waals surface area contributed by atoms with E-state index in [9.17, 15) is 14.7 Å². The van der Waals surface area contributed by atoms with E-state index in [-0.39, 0.29) is 43.3 Å². The van der Waals surface area contributed by atoms with Crippen LogP contribution >= 0.6 is 24.8 Å².